The first-order valence-electron chi connectivity index (χ1n) is 7.98. The van der Waals surface area contributed by atoms with E-state index in [1.54, 1.807) is 17.4 Å². The highest BCUT2D eigenvalue weighted by atomic mass is 32.1. The van der Waals surface area contributed by atoms with E-state index in [1.165, 1.54) is 21.8 Å². The zero-order valence-corrected chi connectivity index (χ0v) is 14.7. The molecule has 0 saturated heterocycles. The van der Waals surface area contributed by atoms with Crippen LogP contribution < -0.4 is 0 Å². The molecule has 2 aromatic heterocycles. The van der Waals surface area contributed by atoms with Crippen molar-refractivity contribution < 1.29 is 9.50 Å². The number of rotatable bonds is 6. The van der Waals surface area contributed by atoms with Crippen LogP contribution in [0.1, 0.15) is 22.2 Å². The minimum absolute atomic E-state index is 0.360. The Morgan fingerprint density at radius 1 is 1.21 bits per heavy atom. The van der Waals surface area contributed by atoms with Crippen molar-refractivity contribution in [2.24, 2.45) is 0 Å². The summed E-state index contributed by atoms with van der Waals surface area (Å²) in [7, 11) is 4.09. The molecule has 3 aromatic rings. The van der Waals surface area contributed by atoms with Crippen LogP contribution in [0.5, 0.6) is 0 Å². The molecular formula is C19H21FN2OS. The van der Waals surface area contributed by atoms with Crippen LogP contribution in [-0.2, 0) is 12.8 Å². The van der Waals surface area contributed by atoms with E-state index in [0.717, 1.165) is 23.9 Å². The van der Waals surface area contributed by atoms with Crippen molar-refractivity contribution >= 4 is 21.4 Å². The highest BCUT2D eigenvalue weighted by Gasteiger charge is 2.20. The van der Waals surface area contributed by atoms with Crippen molar-refractivity contribution in [3.8, 4) is 0 Å². The van der Waals surface area contributed by atoms with Gasteiger partial charge in [-0.1, -0.05) is 18.2 Å². The third kappa shape index (κ3) is 3.80. The first-order chi connectivity index (χ1) is 11.5. The molecule has 0 spiro atoms. The van der Waals surface area contributed by atoms with E-state index < -0.39 is 6.10 Å². The second-order valence-corrected chi connectivity index (χ2v) is 7.31. The highest BCUT2D eigenvalue weighted by Crippen LogP contribution is 2.36. The molecule has 0 fully saturated rings. The molecular weight excluding hydrogens is 323 g/mol. The van der Waals surface area contributed by atoms with E-state index in [1.807, 2.05) is 26.2 Å². The molecule has 1 atom stereocenters. The maximum absolute atomic E-state index is 13.0. The monoisotopic (exact) mass is 344 g/mol. The van der Waals surface area contributed by atoms with Gasteiger partial charge in [-0.05, 0) is 44.1 Å². The minimum Gasteiger partial charge on any atom is -0.388 e. The lowest BCUT2D eigenvalue weighted by Gasteiger charge is -2.14. The molecule has 2 heterocycles. The predicted molar refractivity (Wildman–Crippen MR) is 96.9 cm³/mol. The Labute approximate surface area is 145 Å². The molecule has 0 aliphatic carbocycles. The van der Waals surface area contributed by atoms with Gasteiger partial charge in [0.25, 0.3) is 0 Å². The van der Waals surface area contributed by atoms with Gasteiger partial charge in [0.05, 0.1) is 12.3 Å². The molecule has 0 radical (unpaired) electrons. The van der Waals surface area contributed by atoms with Crippen LogP contribution in [0.15, 0.2) is 42.6 Å². The zero-order chi connectivity index (χ0) is 17.1. The molecule has 0 amide bonds. The summed E-state index contributed by atoms with van der Waals surface area (Å²) in [6, 6.07) is 11.2. The Morgan fingerprint density at radius 2 is 2.00 bits per heavy atom. The number of likely N-dealkylation sites (N-methyl/N-ethyl adjacent to an activating group) is 1. The molecule has 1 aromatic carbocycles. The summed E-state index contributed by atoms with van der Waals surface area (Å²) in [4.78, 5) is 7.42. The van der Waals surface area contributed by atoms with Gasteiger partial charge in [-0.2, -0.15) is 0 Å². The van der Waals surface area contributed by atoms with Crippen LogP contribution in [0.25, 0.3) is 10.1 Å². The second kappa shape index (κ2) is 7.38. The molecule has 0 aliphatic rings. The Bertz CT molecular complexity index is 814. The predicted octanol–water partition coefficient (Wildman–Crippen LogP) is 3.82. The summed E-state index contributed by atoms with van der Waals surface area (Å²) in [5, 5.41) is 11.9. The lowest BCUT2D eigenvalue weighted by molar-refractivity contribution is 0.178. The number of hydrogen-bond acceptors (Lipinski definition) is 4. The molecule has 3 rings (SSSR count). The molecule has 24 heavy (non-hydrogen) atoms. The fourth-order valence-electron chi connectivity index (χ4n) is 2.82. The van der Waals surface area contributed by atoms with Gasteiger partial charge in [-0.15, -0.1) is 11.3 Å². The number of aliphatic hydroxyl groups is 1. The van der Waals surface area contributed by atoms with Crippen LogP contribution in [0.2, 0.25) is 0 Å². The van der Waals surface area contributed by atoms with Crippen LogP contribution in [0, 0.1) is 5.82 Å². The third-order valence-corrected chi connectivity index (χ3v) is 5.27. The van der Waals surface area contributed by atoms with Gasteiger partial charge < -0.3 is 10.0 Å². The van der Waals surface area contributed by atoms with E-state index in [-0.39, 0.29) is 5.82 Å². The van der Waals surface area contributed by atoms with Crippen LogP contribution in [-0.4, -0.2) is 35.6 Å². The number of thiophene rings is 1. The Balaban J connectivity index is 1.92. The number of hydrogen-bond donors (Lipinski definition) is 1. The first kappa shape index (κ1) is 17.0. The Hall–Kier alpha value is -1.82. The molecule has 0 saturated carbocycles. The molecule has 1 N–H and O–H groups in total. The summed E-state index contributed by atoms with van der Waals surface area (Å²) in [6.45, 7) is 0.932. The van der Waals surface area contributed by atoms with Crippen molar-refractivity contribution in [2.45, 2.75) is 18.9 Å². The fourth-order valence-corrected chi connectivity index (χ4v) is 4.07. The normalized spacial score (nSPS) is 12.9. The number of halogens is 1. The van der Waals surface area contributed by atoms with Crippen LogP contribution >= 0.6 is 11.3 Å². The summed E-state index contributed by atoms with van der Waals surface area (Å²) < 4.78 is 14.2. The van der Waals surface area contributed by atoms with E-state index in [4.69, 9.17) is 0 Å². The van der Waals surface area contributed by atoms with Gasteiger partial charge in [0.1, 0.15) is 5.82 Å². The standard InChI is InChI=1S/C19H21FN2OS/c1-22(2)10-9-18-19(15-5-3-4-6-17(15)24-18)16(23)11-14-8-7-13(20)12-21-14/h3-8,12,16,23H,9-11H2,1-2H3. The molecule has 3 nitrogen and oxygen atoms in total. The molecule has 0 aliphatic heterocycles. The van der Waals surface area contributed by atoms with Gasteiger partial charge >= 0.3 is 0 Å². The number of fused-ring (bicyclic) bond motifs is 1. The Kier molecular flexibility index (Phi) is 5.23. The van der Waals surface area contributed by atoms with Crippen molar-refractivity contribution in [1.82, 2.24) is 9.88 Å². The van der Waals surface area contributed by atoms with Gasteiger partial charge in [-0.25, -0.2) is 4.39 Å². The van der Waals surface area contributed by atoms with E-state index in [2.05, 4.69) is 22.0 Å². The van der Waals surface area contributed by atoms with Gasteiger partial charge in [0.15, 0.2) is 0 Å². The van der Waals surface area contributed by atoms with E-state index in [0.29, 0.717) is 12.1 Å². The van der Waals surface area contributed by atoms with E-state index >= 15 is 0 Å². The average molecular weight is 344 g/mol. The maximum Gasteiger partial charge on any atom is 0.141 e. The van der Waals surface area contributed by atoms with Gasteiger partial charge in [0.2, 0.25) is 0 Å². The smallest absolute Gasteiger partial charge is 0.141 e. The summed E-state index contributed by atoms with van der Waals surface area (Å²) in [5.41, 5.74) is 1.68. The van der Waals surface area contributed by atoms with Gasteiger partial charge in [0, 0.05) is 33.8 Å². The average Bonchev–Trinajstić information content (AvgIpc) is 2.93. The third-order valence-electron chi connectivity index (χ3n) is 4.02. The van der Waals surface area contributed by atoms with E-state index in [9.17, 15) is 9.50 Å². The topological polar surface area (TPSA) is 36.4 Å². The SMILES string of the molecule is CN(C)CCc1sc2ccccc2c1C(O)Cc1ccc(F)cn1. The van der Waals surface area contributed by atoms with Crippen LogP contribution in [0.4, 0.5) is 4.39 Å². The zero-order valence-electron chi connectivity index (χ0n) is 13.9. The lowest BCUT2D eigenvalue weighted by atomic mass is 10.00. The van der Waals surface area contributed by atoms with Gasteiger partial charge in [-0.3, -0.25) is 4.98 Å². The quantitative estimate of drug-likeness (QED) is 0.739. The largest absolute Gasteiger partial charge is 0.388 e. The van der Waals surface area contributed by atoms with Crippen molar-refractivity contribution in [1.29, 1.82) is 0 Å². The number of aromatic nitrogens is 1. The molecule has 5 heteroatoms. The maximum atomic E-state index is 13.0. The van der Waals surface area contributed by atoms with Crippen molar-refractivity contribution in [3.63, 3.8) is 0 Å². The fraction of sp³-hybridized carbons (Fsp3) is 0.316. The molecule has 0 bridgehead atoms. The summed E-state index contributed by atoms with van der Waals surface area (Å²) >= 11 is 1.74. The number of nitrogens with zero attached hydrogens (tertiary/aromatic N) is 2. The second-order valence-electron chi connectivity index (χ2n) is 6.18. The highest BCUT2D eigenvalue weighted by molar-refractivity contribution is 7.19. The number of aliphatic hydroxyl groups excluding tert-OH is 1. The Morgan fingerprint density at radius 3 is 2.71 bits per heavy atom. The first-order valence-corrected chi connectivity index (χ1v) is 8.80. The molecule has 1 unspecified atom stereocenters. The van der Waals surface area contributed by atoms with Crippen molar-refractivity contribution in [2.75, 3.05) is 20.6 Å². The summed E-state index contributed by atoms with van der Waals surface area (Å²) in [5.74, 6) is -0.360. The summed E-state index contributed by atoms with van der Waals surface area (Å²) in [6.07, 6.45) is 1.84. The van der Waals surface area contributed by atoms with Crippen molar-refractivity contribution in [3.05, 3.63) is 64.5 Å². The minimum atomic E-state index is -0.642. The lowest BCUT2D eigenvalue weighted by Crippen LogP contribution is -2.15. The van der Waals surface area contributed by atoms with Crippen LogP contribution in [0.3, 0.4) is 0 Å². The molecule has 126 valence electrons. The number of benzene rings is 1. The number of pyridine rings is 1.